The molecule has 2 aromatic rings. The average Bonchev–Trinajstić information content (AvgIpc) is 2.62. The third kappa shape index (κ3) is 3.79. The predicted octanol–water partition coefficient (Wildman–Crippen LogP) is 3.61. The highest BCUT2D eigenvalue weighted by atomic mass is 32.2. The molecule has 0 aromatic heterocycles. The van der Waals surface area contributed by atoms with Crippen molar-refractivity contribution in [2.24, 2.45) is 10.7 Å². The highest BCUT2D eigenvalue weighted by Gasteiger charge is 2.29. The Morgan fingerprint density at radius 3 is 2.84 bits per heavy atom. The first kappa shape index (κ1) is 17.4. The number of anilines is 1. The predicted molar refractivity (Wildman–Crippen MR) is 103 cm³/mol. The molecule has 1 atom stereocenters. The molecule has 0 bridgehead atoms. The van der Waals surface area contributed by atoms with Gasteiger partial charge in [-0.25, -0.2) is 0 Å². The Balaban J connectivity index is 1.86. The maximum absolute atomic E-state index is 12.7. The number of amides is 1. The molecule has 0 saturated carbocycles. The lowest BCUT2D eigenvalue weighted by molar-refractivity contribution is 0.102. The lowest BCUT2D eigenvalue weighted by Crippen LogP contribution is -2.29. The number of thioether (sulfide) groups is 1. The maximum atomic E-state index is 12.7. The van der Waals surface area contributed by atoms with E-state index in [1.54, 1.807) is 24.9 Å². The van der Waals surface area contributed by atoms with Crippen LogP contribution in [0.5, 0.6) is 5.75 Å². The van der Waals surface area contributed by atoms with E-state index in [9.17, 15) is 4.79 Å². The Morgan fingerprint density at radius 1 is 1.28 bits per heavy atom. The molecule has 1 unspecified atom stereocenters. The van der Waals surface area contributed by atoms with Gasteiger partial charge in [0.05, 0.1) is 18.3 Å². The summed E-state index contributed by atoms with van der Waals surface area (Å²) in [6, 6.07) is 14.9. The van der Waals surface area contributed by atoms with E-state index in [4.69, 9.17) is 10.5 Å². The number of para-hydroxylation sites is 2. The Labute approximate surface area is 151 Å². The zero-order valence-electron chi connectivity index (χ0n) is 14.3. The molecular weight excluding hydrogens is 334 g/mol. The van der Waals surface area contributed by atoms with Gasteiger partial charge in [0, 0.05) is 11.3 Å². The fourth-order valence-electron chi connectivity index (χ4n) is 2.83. The van der Waals surface area contributed by atoms with Gasteiger partial charge in [-0.3, -0.25) is 9.79 Å². The number of nitrogens with zero attached hydrogens (tertiary/aromatic N) is 1. The number of ether oxygens (including phenoxy) is 1. The van der Waals surface area contributed by atoms with E-state index in [0.29, 0.717) is 22.2 Å². The van der Waals surface area contributed by atoms with E-state index in [1.165, 1.54) is 0 Å². The van der Waals surface area contributed by atoms with Crippen LogP contribution in [0.25, 0.3) is 0 Å². The summed E-state index contributed by atoms with van der Waals surface area (Å²) in [6.07, 6.45) is 0.885. The molecule has 1 aliphatic heterocycles. The molecule has 0 radical (unpaired) electrons. The quantitative estimate of drug-likeness (QED) is 0.878. The SMILES string of the molecule is COc1ccccc1NC(=O)c1cccc(C2(C)CCSC(N)=N2)c1. The molecule has 6 heteroatoms. The Bertz CT molecular complexity index is 822. The first-order valence-electron chi connectivity index (χ1n) is 8.05. The van der Waals surface area contributed by atoms with Crippen LogP contribution in [-0.4, -0.2) is 23.9 Å². The third-order valence-electron chi connectivity index (χ3n) is 4.30. The van der Waals surface area contributed by atoms with Gasteiger partial charge in [-0.2, -0.15) is 0 Å². The molecule has 3 N–H and O–H groups in total. The fourth-order valence-corrected chi connectivity index (χ4v) is 3.81. The van der Waals surface area contributed by atoms with Crippen LogP contribution in [0, 0.1) is 0 Å². The van der Waals surface area contributed by atoms with Gasteiger partial charge in [-0.15, -0.1) is 0 Å². The summed E-state index contributed by atoms with van der Waals surface area (Å²) in [4.78, 5) is 17.3. The number of rotatable bonds is 4. The zero-order valence-corrected chi connectivity index (χ0v) is 15.1. The molecule has 5 nitrogen and oxygen atoms in total. The van der Waals surface area contributed by atoms with Crippen molar-refractivity contribution in [2.75, 3.05) is 18.2 Å². The molecule has 0 spiro atoms. The van der Waals surface area contributed by atoms with Gasteiger partial charge in [0.25, 0.3) is 5.91 Å². The second-order valence-corrected chi connectivity index (χ2v) is 7.17. The number of amidine groups is 1. The number of carbonyl (C=O) groups is 1. The number of carbonyl (C=O) groups excluding carboxylic acids is 1. The number of nitrogens with one attached hydrogen (secondary N) is 1. The van der Waals surface area contributed by atoms with Gasteiger partial charge in [-0.1, -0.05) is 36.0 Å². The van der Waals surface area contributed by atoms with E-state index in [2.05, 4.69) is 17.2 Å². The standard InChI is InChI=1S/C19H21N3O2S/c1-19(10-11-25-18(20)22-19)14-7-5-6-13(12-14)17(23)21-15-8-3-4-9-16(15)24-2/h3-9,12H,10-11H2,1-2H3,(H2,20,22)(H,21,23). The maximum Gasteiger partial charge on any atom is 0.255 e. The number of nitrogens with two attached hydrogens (primary N) is 1. The van der Waals surface area contributed by atoms with Crippen LogP contribution in [0.1, 0.15) is 29.3 Å². The average molecular weight is 355 g/mol. The topological polar surface area (TPSA) is 76.7 Å². The molecule has 0 aliphatic carbocycles. The summed E-state index contributed by atoms with van der Waals surface area (Å²) in [7, 11) is 1.58. The lowest BCUT2D eigenvalue weighted by atomic mass is 9.88. The molecule has 130 valence electrons. The van der Waals surface area contributed by atoms with E-state index >= 15 is 0 Å². The summed E-state index contributed by atoms with van der Waals surface area (Å²) >= 11 is 1.57. The van der Waals surface area contributed by atoms with Crippen molar-refractivity contribution >= 4 is 28.5 Å². The second kappa shape index (κ2) is 7.19. The number of methoxy groups -OCH3 is 1. The van der Waals surface area contributed by atoms with Crippen molar-refractivity contribution in [3.63, 3.8) is 0 Å². The monoisotopic (exact) mass is 355 g/mol. The van der Waals surface area contributed by atoms with Crippen LogP contribution in [0.3, 0.4) is 0 Å². The minimum atomic E-state index is -0.393. The molecule has 3 rings (SSSR count). The largest absolute Gasteiger partial charge is 0.495 e. The highest BCUT2D eigenvalue weighted by molar-refractivity contribution is 8.13. The summed E-state index contributed by atoms with van der Waals surface area (Å²) in [5, 5.41) is 3.50. The third-order valence-corrected chi connectivity index (χ3v) is 5.09. The van der Waals surface area contributed by atoms with Crippen molar-refractivity contribution < 1.29 is 9.53 Å². The van der Waals surface area contributed by atoms with Crippen LogP contribution in [0.2, 0.25) is 0 Å². The van der Waals surface area contributed by atoms with Gasteiger partial charge in [-0.05, 0) is 43.2 Å². The normalized spacial score (nSPS) is 19.8. The minimum Gasteiger partial charge on any atom is -0.495 e. The van der Waals surface area contributed by atoms with Gasteiger partial charge < -0.3 is 15.8 Å². The molecule has 1 heterocycles. The van der Waals surface area contributed by atoms with E-state index in [1.807, 2.05) is 42.5 Å². The van der Waals surface area contributed by atoms with Crippen LogP contribution in [-0.2, 0) is 5.54 Å². The molecule has 1 aliphatic rings. The first-order valence-corrected chi connectivity index (χ1v) is 9.03. The van der Waals surface area contributed by atoms with Gasteiger partial charge in [0.15, 0.2) is 5.17 Å². The van der Waals surface area contributed by atoms with Crippen molar-refractivity contribution in [1.82, 2.24) is 0 Å². The summed E-state index contributed by atoms with van der Waals surface area (Å²) in [6.45, 7) is 2.05. The van der Waals surface area contributed by atoms with Crippen molar-refractivity contribution in [1.29, 1.82) is 0 Å². The van der Waals surface area contributed by atoms with E-state index in [0.717, 1.165) is 17.7 Å². The van der Waals surface area contributed by atoms with Crippen molar-refractivity contribution in [2.45, 2.75) is 18.9 Å². The second-order valence-electron chi connectivity index (χ2n) is 6.06. The summed E-state index contributed by atoms with van der Waals surface area (Å²) < 4.78 is 5.28. The van der Waals surface area contributed by atoms with Gasteiger partial charge >= 0.3 is 0 Å². The van der Waals surface area contributed by atoms with E-state index < -0.39 is 5.54 Å². The lowest BCUT2D eigenvalue weighted by Gasteiger charge is -2.30. The summed E-state index contributed by atoms with van der Waals surface area (Å²) in [5.41, 5.74) is 7.72. The first-order chi connectivity index (χ1) is 12.0. The molecule has 1 amide bonds. The van der Waals surface area contributed by atoms with Crippen LogP contribution < -0.4 is 15.8 Å². The molecule has 25 heavy (non-hydrogen) atoms. The Hall–Kier alpha value is -2.47. The minimum absolute atomic E-state index is 0.183. The van der Waals surface area contributed by atoms with Gasteiger partial charge in [0.1, 0.15) is 5.75 Å². The van der Waals surface area contributed by atoms with Crippen molar-refractivity contribution in [3.8, 4) is 5.75 Å². The Morgan fingerprint density at radius 2 is 2.08 bits per heavy atom. The molecule has 0 fully saturated rings. The number of aliphatic imine (C=N–C) groups is 1. The molecule has 0 saturated heterocycles. The van der Waals surface area contributed by atoms with Crippen LogP contribution in [0.4, 0.5) is 5.69 Å². The molecule has 2 aromatic carbocycles. The smallest absolute Gasteiger partial charge is 0.255 e. The summed E-state index contributed by atoms with van der Waals surface area (Å²) in [5.74, 6) is 1.36. The van der Waals surface area contributed by atoms with Crippen LogP contribution >= 0.6 is 11.8 Å². The van der Waals surface area contributed by atoms with Crippen molar-refractivity contribution in [3.05, 3.63) is 59.7 Å². The highest BCUT2D eigenvalue weighted by Crippen LogP contribution is 2.35. The zero-order chi connectivity index (χ0) is 17.9. The Kier molecular flexibility index (Phi) is 4.99. The molecular formula is C19H21N3O2S. The van der Waals surface area contributed by atoms with E-state index in [-0.39, 0.29) is 5.91 Å². The number of hydrogen-bond donors (Lipinski definition) is 2. The number of hydrogen-bond acceptors (Lipinski definition) is 5. The fraction of sp³-hybridized carbons (Fsp3) is 0.263. The van der Waals surface area contributed by atoms with Crippen LogP contribution in [0.15, 0.2) is 53.5 Å². The van der Waals surface area contributed by atoms with Gasteiger partial charge in [0.2, 0.25) is 0 Å². The number of benzene rings is 2.